The highest BCUT2D eigenvalue weighted by molar-refractivity contribution is 6.29. The maximum absolute atomic E-state index is 12.5. The van der Waals surface area contributed by atoms with Gasteiger partial charge in [0, 0.05) is 6.54 Å². The highest BCUT2D eigenvalue weighted by atomic mass is 35.5. The molecule has 20 heavy (non-hydrogen) atoms. The van der Waals surface area contributed by atoms with Gasteiger partial charge in [0.15, 0.2) is 0 Å². The quantitative estimate of drug-likeness (QED) is 0.520. The number of carbonyl (C=O) groups is 1. The summed E-state index contributed by atoms with van der Waals surface area (Å²) in [7, 11) is 0. The van der Waals surface area contributed by atoms with Crippen LogP contribution in [0.5, 0.6) is 0 Å². The molecule has 0 bridgehead atoms. The third-order valence-corrected chi connectivity index (χ3v) is 3.58. The van der Waals surface area contributed by atoms with Crippen molar-refractivity contribution in [3.8, 4) is 0 Å². The Kier molecular flexibility index (Phi) is 4.51. The number of rotatable bonds is 3. The molecule has 0 saturated carbocycles. The van der Waals surface area contributed by atoms with Gasteiger partial charge in [-0.15, -0.1) is 0 Å². The molecule has 1 aliphatic heterocycles. The summed E-state index contributed by atoms with van der Waals surface area (Å²) in [5.74, 6) is -0.486. The summed E-state index contributed by atoms with van der Waals surface area (Å²) >= 11 is 5.72. The molecule has 0 spiro atoms. The molecule has 1 aliphatic rings. The lowest BCUT2D eigenvalue weighted by Gasteiger charge is -2.34. The number of aliphatic hydroxyl groups excluding tert-OH is 1. The van der Waals surface area contributed by atoms with Crippen LogP contribution in [0.4, 0.5) is 5.69 Å². The summed E-state index contributed by atoms with van der Waals surface area (Å²) < 4.78 is 0. The van der Waals surface area contributed by atoms with Gasteiger partial charge in [-0.05, 0) is 25.3 Å². The number of piperidine rings is 1. The van der Waals surface area contributed by atoms with E-state index in [0.29, 0.717) is 13.0 Å². The molecule has 2 rings (SSSR count). The van der Waals surface area contributed by atoms with E-state index >= 15 is 0 Å². The van der Waals surface area contributed by atoms with Crippen LogP contribution in [0.25, 0.3) is 0 Å². The van der Waals surface area contributed by atoms with Crippen molar-refractivity contribution in [2.75, 3.05) is 13.2 Å². The molecule has 2 heterocycles. The summed E-state index contributed by atoms with van der Waals surface area (Å²) in [5, 5.41) is 20.3. The second-order valence-electron chi connectivity index (χ2n) is 4.61. The minimum atomic E-state index is -0.658. The van der Waals surface area contributed by atoms with Gasteiger partial charge in [0.1, 0.15) is 16.9 Å². The lowest BCUT2D eigenvalue weighted by atomic mass is 10.0. The van der Waals surface area contributed by atoms with Crippen LogP contribution >= 0.6 is 11.6 Å². The van der Waals surface area contributed by atoms with Crippen LogP contribution in [-0.2, 0) is 0 Å². The Morgan fingerprint density at radius 1 is 1.60 bits per heavy atom. The minimum absolute atomic E-state index is 0.0245. The van der Waals surface area contributed by atoms with Gasteiger partial charge in [0.25, 0.3) is 11.6 Å². The molecule has 1 fully saturated rings. The molecular weight excluding hydrogens is 286 g/mol. The van der Waals surface area contributed by atoms with E-state index in [1.807, 2.05) is 0 Å². The topological polar surface area (TPSA) is 96.6 Å². The number of aliphatic hydroxyl groups is 1. The van der Waals surface area contributed by atoms with Crippen LogP contribution in [0.15, 0.2) is 12.3 Å². The first-order valence-electron chi connectivity index (χ1n) is 6.26. The van der Waals surface area contributed by atoms with Gasteiger partial charge in [0.05, 0.1) is 17.6 Å². The van der Waals surface area contributed by atoms with Crippen LogP contribution in [0.2, 0.25) is 5.15 Å². The molecule has 1 aromatic heterocycles. The molecule has 0 radical (unpaired) electrons. The smallest absolute Gasteiger partial charge is 0.300 e. The largest absolute Gasteiger partial charge is 0.394 e. The number of likely N-dealkylation sites (tertiary alicyclic amines) is 1. The Morgan fingerprint density at radius 2 is 2.35 bits per heavy atom. The highest BCUT2D eigenvalue weighted by Crippen LogP contribution is 2.25. The summed E-state index contributed by atoms with van der Waals surface area (Å²) in [5.41, 5.74) is -0.461. The van der Waals surface area contributed by atoms with Gasteiger partial charge >= 0.3 is 0 Å². The maximum Gasteiger partial charge on any atom is 0.300 e. The van der Waals surface area contributed by atoms with E-state index in [2.05, 4.69) is 4.98 Å². The van der Waals surface area contributed by atoms with Crippen molar-refractivity contribution in [1.29, 1.82) is 0 Å². The third kappa shape index (κ3) is 2.88. The van der Waals surface area contributed by atoms with E-state index in [9.17, 15) is 20.0 Å². The number of nitrogens with zero attached hydrogens (tertiary/aromatic N) is 3. The fourth-order valence-corrected chi connectivity index (χ4v) is 2.51. The summed E-state index contributed by atoms with van der Waals surface area (Å²) in [6.07, 6.45) is 3.41. The second kappa shape index (κ2) is 6.15. The van der Waals surface area contributed by atoms with Crippen molar-refractivity contribution in [2.24, 2.45) is 0 Å². The molecule has 1 N–H and O–H groups in total. The van der Waals surface area contributed by atoms with Crippen LogP contribution in [0.1, 0.15) is 29.6 Å². The first-order chi connectivity index (χ1) is 9.54. The third-order valence-electron chi connectivity index (χ3n) is 3.38. The highest BCUT2D eigenvalue weighted by Gasteiger charge is 2.31. The first kappa shape index (κ1) is 14.7. The van der Waals surface area contributed by atoms with Crippen molar-refractivity contribution < 1.29 is 14.8 Å². The van der Waals surface area contributed by atoms with Crippen molar-refractivity contribution in [3.05, 3.63) is 33.1 Å². The molecule has 108 valence electrons. The van der Waals surface area contributed by atoms with Crippen molar-refractivity contribution in [2.45, 2.75) is 25.3 Å². The normalized spacial score (nSPS) is 18.9. The summed E-state index contributed by atoms with van der Waals surface area (Å²) in [6.45, 7) is 0.319. The van der Waals surface area contributed by atoms with E-state index in [-0.39, 0.29) is 29.1 Å². The molecule has 1 unspecified atom stereocenters. The van der Waals surface area contributed by atoms with Crippen LogP contribution < -0.4 is 0 Å². The monoisotopic (exact) mass is 299 g/mol. The van der Waals surface area contributed by atoms with E-state index in [1.165, 1.54) is 11.0 Å². The number of halogens is 1. The molecule has 8 heteroatoms. The molecule has 1 atom stereocenters. The number of nitro groups is 1. The number of carbonyl (C=O) groups excluding carboxylic acids is 1. The number of pyridine rings is 1. The fraction of sp³-hybridized carbons (Fsp3) is 0.500. The minimum Gasteiger partial charge on any atom is -0.394 e. The summed E-state index contributed by atoms with van der Waals surface area (Å²) in [6, 6.07) is 0.896. The Balaban J connectivity index is 2.36. The van der Waals surface area contributed by atoms with Crippen molar-refractivity contribution >= 4 is 23.2 Å². The molecule has 0 aromatic carbocycles. The number of hydrogen-bond donors (Lipinski definition) is 1. The Labute approximate surface area is 120 Å². The number of aromatic nitrogens is 1. The Hall–Kier alpha value is -1.73. The predicted octanol–water partition coefficient (Wildman–Crippen LogP) is 1.63. The predicted molar refractivity (Wildman–Crippen MR) is 71.7 cm³/mol. The Bertz CT molecular complexity index is 537. The lowest BCUT2D eigenvalue weighted by molar-refractivity contribution is -0.385. The maximum atomic E-state index is 12.5. The molecule has 1 amide bonds. The molecule has 0 aliphatic carbocycles. The standard InChI is InChI=1S/C12H14ClN3O4/c13-11-5-9(10(6-14-11)16(19)20)12(18)15-4-2-1-3-8(15)7-17/h5-6,8,17H,1-4,7H2. The van der Waals surface area contributed by atoms with Crippen LogP contribution in [-0.4, -0.2) is 45.0 Å². The van der Waals surface area contributed by atoms with Gasteiger partial charge in [-0.3, -0.25) is 14.9 Å². The van der Waals surface area contributed by atoms with Gasteiger partial charge in [-0.1, -0.05) is 11.6 Å². The lowest BCUT2D eigenvalue weighted by Crippen LogP contribution is -2.45. The van der Waals surface area contributed by atoms with Gasteiger partial charge in [-0.2, -0.15) is 0 Å². The molecule has 1 aromatic rings. The molecule has 1 saturated heterocycles. The first-order valence-corrected chi connectivity index (χ1v) is 6.64. The van der Waals surface area contributed by atoms with E-state index < -0.39 is 10.8 Å². The van der Waals surface area contributed by atoms with Crippen molar-refractivity contribution in [3.63, 3.8) is 0 Å². The average molecular weight is 300 g/mol. The zero-order valence-electron chi connectivity index (χ0n) is 10.7. The van der Waals surface area contributed by atoms with E-state index in [1.54, 1.807) is 0 Å². The van der Waals surface area contributed by atoms with E-state index in [0.717, 1.165) is 19.0 Å². The van der Waals surface area contributed by atoms with Gasteiger partial charge in [0.2, 0.25) is 0 Å². The van der Waals surface area contributed by atoms with Gasteiger partial charge < -0.3 is 10.0 Å². The summed E-state index contributed by atoms with van der Waals surface area (Å²) in [4.78, 5) is 27.9. The molecule has 7 nitrogen and oxygen atoms in total. The zero-order chi connectivity index (χ0) is 14.7. The second-order valence-corrected chi connectivity index (χ2v) is 5.00. The van der Waals surface area contributed by atoms with Crippen LogP contribution in [0.3, 0.4) is 0 Å². The van der Waals surface area contributed by atoms with E-state index in [4.69, 9.17) is 11.6 Å². The average Bonchev–Trinajstić information content (AvgIpc) is 2.46. The fourth-order valence-electron chi connectivity index (χ4n) is 2.35. The van der Waals surface area contributed by atoms with Crippen molar-refractivity contribution in [1.82, 2.24) is 9.88 Å². The van der Waals surface area contributed by atoms with Gasteiger partial charge in [-0.25, -0.2) is 4.98 Å². The Morgan fingerprint density at radius 3 is 3.00 bits per heavy atom. The SMILES string of the molecule is O=C(c1cc(Cl)ncc1[N+](=O)[O-])N1CCCCC1CO. The number of amides is 1. The number of hydrogen-bond acceptors (Lipinski definition) is 5. The van der Waals surface area contributed by atoms with Crippen LogP contribution in [0, 0.1) is 10.1 Å². The molecular formula is C12H14ClN3O4. The zero-order valence-corrected chi connectivity index (χ0v) is 11.4.